The molecule has 60 valence electrons. The third kappa shape index (κ3) is 1.11. The lowest BCUT2D eigenvalue weighted by molar-refractivity contribution is 0.192. The first-order chi connectivity index (χ1) is 5.40. The number of hydrogen-bond acceptors (Lipinski definition) is 3. The Bertz CT molecular complexity index is 220. The maximum atomic E-state index is 8.43. The summed E-state index contributed by atoms with van der Waals surface area (Å²) < 4.78 is 5.32. The van der Waals surface area contributed by atoms with Crippen molar-refractivity contribution in [1.82, 2.24) is 0 Å². The Labute approximate surface area is 65.3 Å². The average molecular weight is 153 g/mol. The molecule has 1 saturated carbocycles. The molecule has 3 nitrogen and oxygen atoms in total. The number of nitrogens with zero attached hydrogens (tertiary/aromatic N) is 1. The molecular formula is C8H11NO2. The second kappa shape index (κ2) is 2.57. The lowest BCUT2D eigenvalue weighted by Gasteiger charge is -2.19. The fourth-order valence-corrected chi connectivity index (χ4v) is 1.70. The maximum absolute atomic E-state index is 8.43. The van der Waals surface area contributed by atoms with Crippen LogP contribution in [0.4, 0.5) is 0 Å². The highest BCUT2D eigenvalue weighted by atomic mass is 16.5. The minimum atomic E-state index is 0.217. The predicted molar refractivity (Wildman–Crippen MR) is 40.6 cm³/mol. The number of ether oxygens (including phenoxy) is 1. The van der Waals surface area contributed by atoms with Gasteiger partial charge in [-0.1, -0.05) is 0 Å². The largest absolute Gasteiger partial charge is 0.468 e. The number of fused-ring (bicyclic) bond motifs is 1. The molecule has 2 rings (SSSR count). The highest BCUT2D eigenvalue weighted by Gasteiger charge is 2.27. The van der Waals surface area contributed by atoms with Crippen molar-refractivity contribution < 1.29 is 9.94 Å². The van der Waals surface area contributed by atoms with E-state index in [0.717, 1.165) is 12.8 Å². The number of oxime groups is 1. The summed E-state index contributed by atoms with van der Waals surface area (Å²) >= 11 is 0. The summed E-state index contributed by atoms with van der Waals surface area (Å²) in [6.45, 7) is 0. The van der Waals surface area contributed by atoms with Gasteiger partial charge in [-0.05, 0) is 36.4 Å². The molecule has 0 bridgehead atoms. The molecule has 1 fully saturated rings. The molecule has 0 aromatic carbocycles. The quantitative estimate of drug-likeness (QED) is 0.425. The van der Waals surface area contributed by atoms with Gasteiger partial charge in [-0.3, -0.25) is 0 Å². The van der Waals surface area contributed by atoms with Gasteiger partial charge in [0.2, 0.25) is 0 Å². The Kier molecular flexibility index (Phi) is 1.56. The van der Waals surface area contributed by atoms with Crippen LogP contribution in [0.15, 0.2) is 16.8 Å². The molecule has 0 spiro atoms. The van der Waals surface area contributed by atoms with Crippen LogP contribution in [0.25, 0.3) is 0 Å². The molecule has 0 aromatic heterocycles. The van der Waals surface area contributed by atoms with E-state index in [1.54, 1.807) is 0 Å². The normalized spacial score (nSPS) is 32.9. The highest BCUT2D eigenvalue weighted by Crippen LogP contribution is 2.30. The molecule has 1 heterocycles. The van der Waals surface area contributed by atoms with E-state index in [9.17, 15) is 0 Å². The van der Waals surface area contributed by atoms with Gasteiger partial charge in [-0.2, -0.15) is 0 Å². The lowest BCUT2D eigenvalue weighted by Crippen LogP contribution is -2.15. The topological polar surface area (TPSA) is 41.8 Å². The second-order valence-corrected chi connectivity index (χ2v) is 3.01. The molecule has 1 unspecified atom stereocenters. The van der Waals surface area contributed by atoms with Crippen LogP contribution < -0.4 is 0 Å². The van der Waals surface area contributed by atoms with Crippen LogP contribution >= 0.6 is 0 Å². The monoisotopic (exact) mass is 153 g/mol. The van der Waals surface area contributed by atoms with Gasteiger partial charge >= 0.3 is 0 Å². The SMILES string of the molecule is O/N=C1/C=C2CCCCC2O1. The highest BCUT2D eigenvalue weighted by molar-refractivity contribution is 5.90. The van der Waals surface area contributed by atoms with Crippen molar-refractivity contribution in [3.63, 3.8) is 0 Å². The molecule has 11 heavy (non-hydrogen) atoms. The van der Waals surface area contributed by atoms with Gasteiger partial charge in [0.15, 0.2) is 0 Å². The van der Waals surface area contributed by atoms with Crippen LogP contribution in [-0.2, 0) is 4.74 Å². The van der Waals surface area contributed by atoms with E-state index in [-0.39, 0.29) is 6.10 Å². The molecule has 2 aliphatic rings. The van der Waals surface area contributed by atoms with Crippen LogP contribution in [0.3, 0.4) is 0 Å². The summed E-state index contributed by atoms with van der Waals surface area (Å²) in [4.78, 5) is 0. The summed E-state index contributed by atoms with van der Waals surface area (Å²) in [7, 11) is 0. The standard InChI is InChI=1S/C8H11NO2/c10-9-8-5-6-3-1-2-4-7(6)11-8/h5,7,10H,1-4H2/b9-8-. The van der Waals surface area contributed by atoms with Crippen LogP contribution in [0, 0.1) is 0 Å². The molecule has 0 amide bonds. The smallest absolute Gasteiger partial charge is 0.250 e. The van der Waals surface area contributed by atoms with E-state index < -0.39 is 0 Å². The molecular weight excluding hydrogens is 142 g/mol. The van der Waals surface area contributed by atoms with Gasteiger partial charge in [0, 0.05) is 6.08 Å². The summed E-state index contributed by atoms with van der Waals surface area (Å²) in [5.74, 6) is 0.381. The first kappa shape index (κ1) is 6.70. The van der Waals surface area contributed by atoms with Crippen molar-refractivity contribution in [2.24, 2.45) is 5.16 Å². The predicted octanol–water partition coefficient (Wildman–Crippen LogP) is 1.67. The first-order valence-electron chi connectivity index (χ1n) is 3.99. The molecule has 0 saturated heterocycles. The van der Waals surface area contributed by atoms with E-state index in [1.807, 2.05) is 6.08 Å². The van der Waals surface area contributed by atoms with E-state index in [1.165, 1.54) is 18.4 Å². The molecule has 1 aliphatic heterocycles. The van der Waals surface area contributed by atoms with E-state index in [0.29, 0.717) is 5.90 Å². The number of hydrogen-bond donors (Lipinski definition) is 1. The van der Waals surface area contributed by atoms with Gasteiger partial charge in [-0.15, -0.1) is 0 Å². The summed E-state index contributed by atoms with van der Waals surface area (Å²) in [5.41, 5.74) is 1.30. The van der Waals surface area contributed by atoms with Crippen molar-refractivity contribution in [1.29, 1.82) is 0 Å². The fourth-order valence-electron chi connectivity index (χ4n) is 1.70. The summed E-state index contributed by atoms with van der Waals surface area (Å²) in [5, 5.41) is 11.5. The molecule has 0 radical (unpaired) electrons. The summed E-state index contributed by atoms with van der Waals surface area (Å²) in [6, 6.07) is 0. The van der Waals surface area contributed by atoms with Crippen molar-refractivity contribution in [2.75, 3.05) is 0 Å². The minimum Gasteiger partial charge on any atom is -0.468 e. The van der Waals surface area contributed by atoms with Crippen LogP contribution in [0.5, 0.6) is 0 Å². The number of rotatable bonds is 0. The van der Waals surface area contributed by atoms with E-state index >= 15 is 0 Å². The lowest BCUT2D eigenvalue weighted by atomic mass is 9.93. The molecule has 1 atom stereocenters. The van der Waals surface area contributed by atoms with Crippen molar-refractivity contribution in [3.8, 4) is 0 Å². The van der Waals surface area contributed by atoms with Crippen molar-refractivity contribution >= 4 is 5.90 Å². The van der Waals surface area contributed by atoms with Gasteiger partial charge in [0.25, 0.3) is 5.90 Å². The Morgan fingerprint density at radius 2 is 2.45 bits per heavy atom. The minimum absolute atomic E-state index is 0.217. The first-order valence-corrected chi connectivity index (χ1v) is 3.99. The molecule has 1 N–H and O–H groups in total. The Morgan fingerprint density at radius 3 is 3.18 bits per heavy atom. The van der Waals surface area contributed by atoms with Crippen molar-refractivity contribution in [2.45, 2.75) is 31.8 Å². The maximum Gasteiger partial charge on any atom is 0.250 e. The molecule has 1 aliphatic carbocycles. The third-order valence-corrected chi connectivity index (χ3v) is 2.27. The Hall–Kier alpha value is -0.990. The van der Waals surface area contributed by atoms with Crippen LogP contribution in [0.1, 0.15) is 25.7 Å². The average Bonchev–Trinajstić information content (AvgIpc) is 2.46. The van der Waals surface area contributed by atoms with Crippen LogP contribution in [0.2, 0.25) is 0 Å². The zero-order valence-electron chi connectivity index (χ0n) is 6.29. The second-order valence-electron chi connectivity index (χ2n) is 3.01. The van der Waals surface area contributed by atoms with Gasteiger partial charge in [-0.25, -0.2) is 0 Å². The zero-order chi connectivity index (χ0) is 7.68. The molecule has 3 heteroatoms. The van der Waals surface area contributed by atoms with E-state index in [4.69, 9.17) is 9.94 Å². The Balaban J connectivity index is 2.16. The van der Waals surface area contributed by atoms with E-state index in [2.05, 4.69) is 5.16 Å². The van der Waals surface area contributed by atoms with Gasteiger partial charge < -0.3 is 9.94 Å². The fraction of sp³-hybridized carbons (Fsp3) is 0.625. The van der Waals surface area contributed by atoms with Crippen LogP contribution in [-0.4, -0.2) is 17.2 Å². The van der Waals surface area contributed by atoms with Crippen molar-refractivity contribution in [3.05, 3.63) is 11.6 Å². The zero-order valence-corrected chi connectivity index (χ0v) is 6.29. The Morgan fingerprint density at radius 1 is 1.55 bits per heavy atom. The van der Waals surface area contributed by atoms with Gasteiger partial charge in [0.1, 0.15) is 6.10 Å². The van der Waals surface area contributed by atoms with Gasteiger partial charge in [0.05, 0.1) is 0 Å². The summed E-state index contributed by atoms with van der Waals surface area (Å²) in [6.07, 6.45) is 6.71. The third-order valence-electron chi connectivity index (χ3n) is 2.27. The molecule has 0 aromatic rings.